The first-order chi connectivity index (χ1) is 16.3. The van der Waals surface area contributed by atoms with Crippen molar-refractivity contribution in [1.29, 1.82) is 0 Å². The van der Waals surface area contributed by atoms with Gasteiger partial charge in [-0.25, -0.2) is 4.39 Å². The summed E-state index contributed by atoms with van der Waals surface area (Å²) in [5.41, 5.74) is 2.26. The quantitative estimate of drug-likeness (QED) is 0.377. The molecule has 0 radical (unpaired) electrons. The van der Waals surface area contributed by atoms with Crippen LogP contribution in [0, 0.1) is 5.82 Å². The van der Waals surface area contributed by atoms with Crippen LogP contribution in [0.4, 0.5) is 4.39 Å². The lowest BCUT2D eigenvalue weighted by Gasteiger charge is -2.10. The predicted molar refractivity (Wildman–Crippen MR) is 126 cm³/mol. The first kappa shape index (κ1) is 23.2. The number of H-pyrrole nitrogens is 1. The molecule has 3 aromatic heterocycles. The number of pyridine rings is 2. The largest absolute Gasteiger partial charge is 0.360 e. The van der Waals surface area contributed by atoms with E-state index in [1.54, 1.807) is 36.8 Å². The zero-order valence-electron chi connectivity index (χ0n) is 18.2. The van der Waals surface area contributed by atoms with Crippen molar-refractivity contribution in [1.82, 2.24) is 25.2 Å². The lowest BCUT2D eigenvalue weighted by molar-refractivity contribution is -0.119. The van der Waals surface area contributed by atoms with Gasteiger partial charge in [0.1, 0.15) is 5.82 Å². The predicted octanol–water partition coefficient (Wildman–Crippen LogP) is 3.13. The van der Waals surface area contributed by atoms with E-state index in [1.807, 2.05) is 0 Å². The monoisotopic (exact) mass is 481 g/mol. The summed E-state index contributed by atoms with van der Waals surface area (Å²) >= 11 is 6.10. The number of hydrogen-bond donors (Lipinski definition) is 3. The zero-order chi connectivity index (χ0) is 24.2. The Morgan fingerprint density at radius 2 is 1.94 bits per heavy atom. The Kier molecular flexibility index (Phi) is 6.74. The number of fused-ring (bicyclic) bond motifs is 1. The highest BCUT2D eigenvalue weighted by Crippen LogP contribution is 2.25. The summed E-state index contributed by atoms with van der Waals surface area (Å²) in [6, 6.07) is 7.75. The van der Waals surface area contributed by atoms with E-state index < -0.39 is 11.7 Å². The highest BCUT2D eigenvalue weighted by atomic mass is 35.5. The number of benzene rings is 1. The molecule has 0 unspecified atom stereocenters. The number of hydrogen-bond acceptors (Lipinski definition) is 4. The first-order valence-corrected chi connectivity index (χ1v) is 10.8. The van der Waals surface area contributed by atoms with Gasteiger partial charge in [-0.2, -0.15) is 0 Å². The summed E-state index contributed by atoms with van der Waals surface area (Å²) in [5.74, 6) is -1.06. The van der Waals surface area contributed by atoms with Crippen LogP contribution in [0.1, 0.15) is 34.0 Å². The average Bonchev–Trinajstić information content (AvgIpc) is 3.17. The molecule has 174 valence electrons. The van der Waals surface area contributed by atoms with Crippen molar-refractivity contribution in [3.63, 3.8) is 0 Å². The first-order valence-electron chi connectivity index (χ1n) is 10.4. The van der Waals surface area contributed by atoms with E-state index in [2.05, 4.69) is 20.6 Å². The van der Waals surface area contributed by atoms with Crippen LogP contribution >= 0.6 is 11.6 Å². The third-order valence-corrected chi connectivity index (χ3v) is 5.56. The summed E-state index contributed by atoms with van der Waals surface area (Å²) in [6.07, 6.45) is 6.17. The molecule has 0 aliphatic rings. The Balaban J connectivity index is 1.43. The molecule has 2 amide bonds. The summed E-state index contributed by atoms with van der Waals surface area (Å²) < 4.78 is 15.8. The molecule has 0 aliphatic carbocycles. The lowest BCUT2D eigenvalue weighted by atomic mass is 10.1. The highest BCUT2D eigenvalue weighted by Gasteiger charge is 2.12. The molecule has 3 N–H and O–H groups in total. The normalized spacial score (nSPS) is 10.9. The van der Waals surface area contributed by atoms with Gasteiger partial charge in [-0.15, -0.1) is 0 Å². The van der Waals surface area contributed by atoms with Crippen molar-refractivity contribution in [3.05, 3.63) is 98.6 Å². The molecule has 8 nitrogen and oxygen atoms in total. The zero-order valence-corrected chi connectivity index (χ0v) is 18.9. The van der Waals surface area contributed by atoms with Crippen molar-refractivity contribution in [3.8, 4) is 0 Å². The molecule has 0 bridgehead atoms. The maximum atomic E-state index is 14.4. The summed E-state index contributed by atoms with van der Waals surface area (Å²) in [6.45, 7) is 1.86. The van der Waals surface area contributed by atoms with Crippen LogP contribution in [0.5, 0.6) is 0 Å². The minimum absolute atomic E-state index is 0.0262. The van der Waals surface area contributed by atoms with E-state index in [0.717, 1.165) is 0 Å². The highest BCUT2D eigenvalue weighted by molar-refractivity contribution is 6.35. The molecule has 3 heterocycles. The van der Waals surface area contributed by atoms with Crippen molar-refractivity contribution in [2.45, 2.75) is 26.6 Å². The fourth-order valence-corrected chi connectivity index (χ4v) is 3.69. The lowest BCUT2D eigenvalue weighted by Crippen LogP contribution is -2.25. The topological polar surface area (TPSA) is 109 Å². The smallest absolute Gasteiger partial charge is 0.253 e. The third-order valence-electron chi connectivity index (χ3n) is 5.25. The standard InChI is InChI=1S/C24H21ClFN5O3/c1-14(32)28-9-15-2-3-31(23(33)5-15)13-16-4-18(10-27-8-16)24(34)30-11-17-6-19-20(25)12-29-22(19)7-21(17)26/h2-8,10,12,29H,9,11,13H2,1H3,(H,28,32)(H,30,34). The molecular weight excluding hydrogens is 461 g/mol. The number of halogens is 2. The van der Waals surface area contributed by atoms with Gasteiger partial charge in [-0.3, -0.25) is 19.4 Å². The van der Waals surface area contributed by atoms with Crippen LogP contribution in [0.2, 0.25) is 5.02 Å². The van der Waals surface area contributed by atoms with Gasteiger partial charge in [0.05, 0.1) is 17.1 Å². The number of nitrogens with one attached hydrogen (secondary N) is 3. The van der Waals surface area contributed by atoms with Crippen LogP contribution in [-0.2, 0) is 24.4 Å². The van der Waals surface area contributed by atoms with Gasteiger partial charge >= 0.3 is 0 Å². The molecule has 4 rings (SSSR count). The number of carbonyl (C=O) groups is 2. The van der Waals surface area contributed by atoms with Gasteiger partial charge < -0.3 is 20.2 Å². The fourth-order valence-electron chi connectivity index (χ4n) is 3.48. The Morgan fingerprint density at radius 1 is 1.12 bits per heavy atom. The van der Waals surface area contributed by atoms with E-state index >= 15 is 0 Å². The fraction of sp³-hybridized carbons (Fsp3) is 0.167. The molecule has 1 aromatic carbocycles. The van der Waals surface area contributed by atoms with Gasteiger partial charge in [-0.05, 0) is 35.4 Å². The number of amides is 2. The van der Waals surface area contributed by atoms with Crippen LogP contribution in [-0.4, -0.2) is 26.3 Å². The average molecular weight is 482 g/mol. The molecule has 4 aromatic rings. The second-order valence-corrected chi connectivity index (χ2v) is 8.21. The van der Waals surface area contributed by atoms with E-state index in [4.69, 9.17) is 11.6 Å². The molecule has 34 heavy (non-hydrogen) atoms. The second-order valence-electron chi connectivity index (χ2n) is 7.80. The van der Waals surface area contributed by atoms with Crippen molar-refractivity contribution < 1.29 is 14.0 Å². The van der Waals surface area contributed by atoms with E-state index in [1.165, 1.54) is 29.8 Å². The number of rotatable bonds is 7. The summed E-state index contributed by atoms with van der Waals surface area (Å²) in [4.78, 5) is 43.1. The molecule has 0 aliphatic heterocycles. The molecule has 0 fully saturated rings. The van der Waals surface area contributed by atoms with Crippen LogP contribution in [0.25, 0.3) is 10.9 Å². The summed E-state index contributed by atoms with van der Waals surface area (Å²) in [7, 11) is 0. The van der Waals surface area contributed by atoms with Gasteiger partial charge in [0.15, 0.2) is 0 Å². The minimum atomic E-state index is -0.459. The van der Waals surface area contributed by atoms with Gasteiger partial charge in [0.25, 0.3) is 11.5 Å². The van der Waals surface area contributed by atoms with Crippen LogP contribution < -0.4 is 16.2 Å². The van der Waals surface area contributed by atoms with E-state index in [9.17, 15) is 18.8 Å². The third kappa shape index (κ3) is 5.32. The Hall–Kier alpha value is -3.98. The Morgan fingerprint density at radius 3 is 2.71 bits per heavy atom. The van der Waals surface area contributed by atoms with Gasteiger partial charge in [0, 0.05) is 67.3 Å². The van der Waals surface area contributed by atoms with Crippen LogP contribution in [0.15, 0.2) is 59.9 Å². The Bertz CT molecular complexity index is 1450. The number of aromatic amines is 1. The second kappa shape index (κ2) is 9.88. The van der Waals surface area contributed by atoms with Crippen molar-refractivity contribution >= 4 is 34.3 Å². The van der Waals surface area contributed by atoms with Gasteiger partial charge in [-0.1, -0.05) is 11.6 Å². The molecule has 10 heteroatoms. The number of aromatic nitrogens is 3. The van der Waals surface area contributed by atoms with Gasteiger partial charge in [0.2, 0.25) is 5.91 Å². The molecule has 0 spiro atoms. The minimum Gasteiger partial charge on any atom is -0.360 e. The Labute approximate surface area is 198 Å². The number of carbonyl (C=O) groups excluding carboxylic acids is 2. The maximum absolute atomic E-state index is 14.4. The van der Waals surface area contributed by atoms with Crippen molar-refractivity contribution in [2.75, 3.05) is 0 Å². The summed E-state index contributed by atoms with van der Waals surface area (Å²) in [5, 5.41) is 6.47. The molecular formula is C24H21ClFN5O3. The molecule has 0 atom stereocenters. The maximum Gasteiger partial charge on any atom is 0.253 e. The SMILES string of the molecule is CC(=O)NCc1ccn(Cc2cncc(C(=O)NCc3cc4c(Cl)c[nH]c4cc3F)c2)c(=O)c1. The number of nitrogens with zero attached hydrogens (tertiary/aromatic N) is 2. The van der Waals surface area contributed by atoms with E-state index in [-0.39, 0.29) is 36.7 Å². The molecule has 0 saturated carbocycles. The van der Waals surface area contributed by atoms with Crippen molar-refractivity contribution in [2.24, 2.45) is 0 Å². The van der Waals surface area contributed by atoms with Crippen LogP contribution in [0.3, 0.4) is 0 Å². The van der Waals surface area contributed by atoms with E-state index in [0.29, 0.717) is 32.6 Å². The molecule has 0 saturated heterocycles.